The lowest BCUT2D eigenvalue weighted by Gasteiger charge is -2.35. The minimum Gasteiger partial charge on any atom is -0.354 e. The van der Waals surface area contributed by atoms with Gasteiger partial charge in [0, 0.05) is 24.4 Å². The second-order valence-corrected chi connectivity index (χ2v) is 11.3. The molecule has 0 N–H and O–H groups in total. The molecule has 138 valence electrons. The SMILES string of the molecule is Cc1cc(C)c(N2C=CN(CP(c3ccccc3)C(C)(C)C)C2)c(C)c1. The van der Waals surface area contributed by atoms with E-state index in [4.69, 9.17) is 0 Å². The number of rotatable bonds is 4. The van der Waals surface area contributed by atoms with E-state index in [9.17, 15) is 0 Å². The first-order chi connectivity index (χ1) is 12.3. The Hall–Kier alpha value is -1.79. The molecule has 1 aliphatic heterocycles. The summed E-state index contributed by atoms with van der Waals surface area (Å²) in [6.07, 6.45) is 5.61. The Balaban J connectivity index is 1.78. The van der Waals surface area contributed by atoms with Gasteiger partial charge in [0.1, 0.15) is 0 Å². The quantitative estimate of drug-likeness (QED) is 0.638. The third-order valence-corrected chi connectivity index (χ3v) is 8.10. The summed E-state index contributed by atoms with van der Waals surface area (Å²) >= 11 is 0. The molecule has 1 heterocycles. The summed E-state index contributed by atoms with van der Waals surface area (Å²) in [4.78, 5) is 4.87. The van der Waals surface area contributed by atoms with E-state index in [1.54, 1.807) is 0 Å². The Morgan fingerprint density at radius 1 is 0.923 bits per heavy atom. The Morgan fingerprint density at radius 3 is 2.12 bits per heavy atom. The first kappa shape index (κ1) is 19.0. The first-order valence-electron chi connectivity index (χ1n) is 9.35. The molecule has 3 rings (SSSR count). The lowest BCUT2D eigenvalue weighted by molar-refractivity contribution is 0.470. The molecule has 1 unspecified atom stereocenters. The summed E-state index contributed by atoms with van der Waals surface area (Å²) in [5.41, 5.74) is 5.41. The fourth-order valence-corrected chi connectivity index (χ4v) is 6.24. The van der Waals surface area contributed by atoms with E-state index in [1.165, 1.54) is 27.7 Å². The van der Waals surface area contributed by atoms with Gasteiger partial charge in [0.2, 0.25) is 0 Å². The Labute approximate surface area is 160 Å². The van der Waals surface area contributed by atoms with E-state index in [1.807, 2.05) is 0 Å². The highest BCUT2D eigenvalue weighted by molar-refractivity contribution is 7.67. The van der Waals surface area contributed by atoms with Crippen molar-refractivity contribution in [3.8, 4) is 0 Å². The zero-order chi connectivity index (χ0) is 18.9. The molecule has 0 bridgehead atoms. The lowest BCUT2D eigenvalue weighted by atomic mass is 10.0. The van der Waals surface area contributed by atoms with Crippen molar-refractivity contribution in [2.75, 3.05) is 17.9 Å². The van der Waals surface area contributed by atoms with Crippen molar-refractivity contribution in [2.45, 2.75) is 46.7 Å². The third-order valence-electron chi connectivity index (χ3n) is 4.91. The van der Waals surface area contributed by atoms with Gasteiger partial charge in [0.15, 0.2) is 0 Å². The van der Waals surface area contributed by atoms with E-state index in [0.29, 0.717) is 0 Å². The maximum atomic E-state index is 2.47. The van der Waals surface area contributed by atoms with Crippen LogP contribution in [0.25, 0.3) is 0 Å². The molecule has 1 aliphatic rings. The summed E-state index contributed by atoms with van der Waals surface area (Å²) < 4.78 is 0. The van der Waals surface area contributed by atoms with Gasteiger partial charge in [-0.3, -0.25) is 0 Å². The van der Waals surface area contributed by atoms with Gasteiger partial charge in [-0.15, -0.1) is 0 Å². The van der Waals surface area contributed by atoms with Gasteiger partial charge < -0.3 is 9.80 Å². The fourth-order valence-electron chi connectivity index (χ4n) is 3.80. The number of anilines is 1. The van der Waals surface area contributed by atoms with Crippen molar-refractivity contribution in [1.29, 1.82) is 0 Å². The summed E-state index contributed by atoms with van der Waals surface area (Å²) in [6, 6.07) is 15.6. The van der Waals surface area contributed by atoms with E-state index < -0.39 is 0 Å². The molecule has 2 nitrogen and oxygen atoms in total. The number of hydrogen-bond donors (Lipinski definition) is 0. The van der Waals surface area contributed by atoms with E-state index in [0.717, 1.165) is 13.0 Å². The van der Waals surface area contributed by atoms with Gasteiger partial charge in [-0.05, 0) is 50.3 Å². The molecule has 0 amide bonds. The standard InChI is InChI=1S/C23H31N2P/c1-18-14-19(2)22(20(3)15-18)25-13-12-24(16-25)17-26(23(4,5)6)21-10-8-7-9-11-21/h7-15H,16-17H2,1-6H3. The molecule has 0 aromatic heterocycles. The van der Waals surface area contributed by atoms with Gasteiger partial charge in [-0.2, -0.15) is 0 Å². The van der Waals surface area contributed by atoms with E-state index in [2.05, 4.69) is 106 Å². The Bertz CT molecular complexity index is 767. The maximum absolute atomic E-state index is 2.47. The van der Waals surface area contributed by atoms with E-state index >= 15 is 0 Å². The molecule has 0 saturated heterocycles. The smallest absolute Gasteiger partial charge is 0.0945 e. The predicted molar refractivity (Wildman–Crippen MR) is 117 cm³/mol. The number of nitrogens with zero attached hydrogens (tertiary/aromatic N) is 2. The van der Waals surface area contributed by atoms with Gasteiger partial charge in [-0.1, -0.05) is 68.8 Å². The average molecular weight is 366 g/mol. The van der Waals surface area contributed by atoms with Crippen LogP contribution in [0, 0.1) is 20.8 Å². The van der Waals surface area contributed by atoms with Crippen LogP contribution in [0.2, 0.25) is 0 Å². The van der Waals surface area contributed by atoms with Crippen LogP contribution in [0.15, 0.2) is 54.9 Å². The van der Waals surface area contributed by atoms with Crippen LogP contribution in [0.1, 0.15) is 37.5 Å². The van der Waals surface area contributed by atoms with Crippen LogP contribution in [0.4, 0.5) is 5.69 Å². The predicted octanol–water partition coefficient (Wildman–Crippen LogP) is 5.73. The highest BCUT2D eigenvalue weighted by Gasteiger charge is 2.29. The first-order valence-corrected chi connectivity index (χ1v) is 10.9. The van der Waals surface area contributed by atoms with Crippen molar-refractivity contribution in [2.24, 2.45) is 0 Å². The van der Waals surface area contributed by atoms with Crippen molar-refractivity contribution in [1.82, 2.24) is 4.90 Å². The maximum Gasteiger partial charge on any atom is 0.0945 e. The number of aryl methyl sites for hydroxylation is 3. The molecule has 0 fully saturated rings. The molecular formula is C23H31N2P. The normalized spacial score (nSPS) is 15.6. The van der Waals surface area contributed by atoms with Gasteiger partial charge in [-0.25, -0.2) is 0 Å². The molecular weight excluding hydrogens is 335 g/mol. The van der Waals surface area contributed by atoms with Crippen LogP contribution in [-0.4, -0.2) is 23.0 Å². The number of hydrogen-bond acceptors (Lipinski definition) is 2. The molecule has 0 saturated carbocycles. The third kappa shape index (κ3) is 4.13. The second-order valence-electron chi connectivity index (χ2n) is 8.32. The molecule has 26 heavy (non-hydrogen) atoms. The largest absolute Gasteiger partial charge is 0.354 e. The zero-order valence-corrected chi connectivity index (χ0v) is 17.8. The Kier molecular flexibility index (Phi) is 5.44. The fraction of sp³-hybridized carbons (Fsp3) is 0.391. The van der Waals surface area contributed by atoms with Crippen LogP contribution in [0.3, 0.4) is 0 Å². The van der Waals surface area contributed by atoms with Crippen molar-refractivity contribution < 1.29 is 0 Å². The van der Waals surface area contributed by atoms with Crippen LogP contribution >= 0.6 is 7.92 Å². The molecule has 3 heteroatoms. The molecule has 0 aliphatic carbocycles. The molecule has 1 atom stereocenters. The topological polar surface area (TPSA) is 6.48 Å². The highest BCUT2D eigenvalue weighted by Crippen LogP contribution is 2.49. The zero-order valence-electron chi connectivity index (χ0n) is 17.0. The molecule has 0 radical (unpaired) electrons. The van der Waals surface area contributed by atoms with Crippen molar-refractivity contribution >= 4 is 18.9 Å². The molecule has 2 aromatic rings. The van der Waals surface area contributed by atoms with Crippen LogP contribution in [-0.2, 0) is 0 Å². The summed E-state index contributed by atoms with van der Waals surface area (Å²) in [7, 11) is -0.268. The summed E-state index contributed by atoms with van der Waals surface area (Å²) in [5, 5.41) is 1.78. The van der Waals surface area contributed by atoms with Crippen molar-refractivity contribution in [3.05, 3.63) is 71.6 Å². The highest BCUT2D eigenvalue weighted by atomic mass is 31.1. The molecule has 0 spiro atoms. The lowest BCUT2D eigenvalue weighted by Crippen LogP contribution is -2.31. The van der Waals surface area contributed by atoms with E-state index in [-0.39, 0.29) is 13.1 Å². The minimum atomic E-state index is -0.268. The van der Waals surface area contributed by atoms with Gasteiger partial charge in [0.25, 0.3) is 0 Å². The number of benzene rings is 2. The van der Waals surface area contributed by atoms with Gasteiger partial charge in [0.05, 0.1) is 6.67 Å². The molecule has 2 aromatic carbocycles. The summed E-state index contributed by atoms with van der Waals surface area (Å²) in [6.45, 7) is 14.7. The summed E-state index contributed by atoms with van der Waals surface area (Å²) in [5.74, 6) is 0. The Morgan fingerprint density at radius 2 is 1.54 bits per heavy atom. The van der Waals surface area contributed by atoms with Gasteiger partial charge >= 0.3 is 0 Å². The van der Waals surface area contributed by atoms with Crippen LogP contribution in [0.5, 0.6) is 0 Å². The van der Waals surface area contributed by atoms with Crippen LogP contribution < -0.4 is 10.2 Å². The van der Waals surface area contributed by atoms with Crippen molar-refractivity contribution in [3.63, 3.8) is 0 Å². The monoisotopic (exact) mass is 366 g/mol. The minimum absolute atomic E-state index is 0.268. The average Bonchev–Trinajstić information content (AvgIpc) is 2.99. The second kappa shape index (κ2) is 7.45.